The molecule has 0 unspecified atom stereocenters. The van der Waals surface area contributed by atoms with E-state index in [2.05, 4.69) is 9.97 Å². The third kappa shape index (κ3) is 2.57. The Morgan fingerprint density at radius 1 is 1.47 bits per heavy atom. The molecule has 4 nitrogen and oxygen atoms in total. The standard InChI is InChI=1S/C9H13FN4S/c10-7-4-12-9(13-5-7)14-3-1-2-8(6-14)15-11/h4-5,8H,1-3,6,11H2/t8-/m0/s1. The van der Waals surface area contributed by atoms with Gasteiger partial charge >= 0.3 is 0 Å². The number of nitrogens with two attached hydrogens (primary N) is 1. The quantitative estimate of drug-likeness (QED) is 0.771. The molecule has 6 heteroatoms. The van der Waals surface area contributed by atoms with Gasteiger partial charge in [0.1, 0.15) is 0 Å². The molecular weight excluding hydrogens is 215 g/mol. The Labute approximate surface area is 92.2 Å². The van der Waals surface area contributed by atoms with Crippen molar-refractivity contribution in [3.63, 3.8) is 0 Å². The number of halogens is 1. The van der Waals surface area contributed by atoms with Crippen molar-refractivity contribution in [3.05, 3.63) is 18.2 Å². The van der Waals surface area contributed by atoms with Gasteiger partial charge in [0.05, 0.1) is 12.4 Å². The molecule has 1 fully saturated rings. The molecule has 0 aromatic carbocycles. The van der Waals surface area contributed by atoms with Crippen LogP contribution in [0.1, 0.15) is 12.8 Å². The second-order valence-electron chi connectivity index (χ2n) is 3.55. The molecule has 0 aliphatic carbocycles. The third-order valence-electron chi connectivity index (χ3n) is 2.46. The number of hydrogen-bond acceptors (Lipinski definition) is 5. The minimum atomic E-state index is -0.402. The van der Waals surface area contributed by atoms with Crippen molar-refractivity contribution >= 4 is 17.9 Å². The highest BCUT2D eigenvalue weighted by atomic mass is 32.2. The zero-order valence-electron chi connectivity index (χ0n) is 8.27. The Morgan fingerprint density at radius 2 is 2.20 bits per heavy atom. The molecule has 0 saturated carbocycles. The van der Waals surface area contributed by atoms with Crippen molar-refractivity contribution < 1.29 is 4.39 Å². The third-order valence-corrected chi connectivity index (χ3v) is 3.23. The summed E-state index contributed by atoms with van der Waals surface area (Å²) in [6, 6.07) is 0. The van der Waals surface area contributed by atoms with Gasteiger partial charge in [-0.3, -0.25) is 5.14 Å². The van der Waals surface area contributed by atoms with Crippen LogP contribution in [0.25, 0.3) is 0 Å². The van der Waals surface area contributed by atoms with Crippen molar-refractivity contribution in [1.29, 1.82) is 0 Å². The van der Waals surface area contributed by atoms with E-state index in [1.165, 1.54) is 24.3 Å². The summed E-state index contributed by atoms with van der Waals surface area (Å²) in [7, 11) is 0. The van der Waals surface area contributed by atoms with Crippen LogP contribution < -0.4 is 10.0 Å². The smallest absolute Gasteiger partial charge is 0.225 e. The number of anilines is 1. The molecule has 1 aromatic rings. The van der Waals surface area contributed by atoms with E-state index in [1.807, 2.05) is 4.90 Å². The Bertz CT molecular complexity index is 318. The molecular formula is C9H13FN4S. The highest BCUT2D eigenvalue weighted by Gasteiger charge is 2.21. The van der Waals surface area contributed by atoms with Gasteiger partial charge in [0.25, 0.3) is 0 Å². The molecule has 0 spiro atoms. The lowest BCUT2D eigenvalue weighted by Crippen LogP contribution is -2.38. The van der Waals surface area contributed by atoms with Crippen LogP contribution in [0.2, 0.25) is 0 Å². The van der Waals surface area contributed by atoms with Crippen LogP contribution >= 0.6 is 11.9 Å². The maximum Gasteiger partial charge on any atom is 0.225 e. The molecule has 0 amide bonds. The molecule has 1 aliphatic rings. The van der Waals surface area contributed by atoms with Gasteiger partial charge in [-0.2, -0.15) is 0 Å². The number of nitrogens with zero attached hydrogens (tertiary/aromatic N) is 3. The maximum absolute atomic E-state index is 12.6. The van der Waals surface area contributed by atoms with Crippen LogP contribution in [0.4, 0.5) is 10.3 Å². The highest BCUT2D eigenvalue weighted by Crippen LogP contribution is 2.21. The molecule has 1 saturated heterocycles. The van der Waals surface area contributed by atoms with E-state index in [4.69, 9.17) is 5.14 Å². The Hall–Kier alpha value is -0.880. The predicted molar refractivity (Wildman–Crippen MR) is 59.0 cm³/mol. The average molecular weight is 228 g/mol. The van der Waals surface area contributed by atoms with Crippen LogP contribution in [0.5, 0.6) is 0 Å². The minimum absolute atomic E-state index is 0.402. The first kappa shape index (κ1) is 10.6. The predicted octanol–water partition coefficient (Wildman–Crippen LogP) is 1.19. The summed E-state index contributed by atoms with van der Waals surface area (Å²) in [6.07, 6.45) is 4.59. The summed E-state index contributed by atoms with van der Waals surface area (Å²) >= 11 is 1.38. The summed E-state index contributed by atoms with van der Waals surface area (Å²) in [5.74, 6) is 0.190. The minimum Gasteiger partial charge on any atom is -0.340 e. The van der Waals surface area contributed by atoms with Crippen molar-refractivity contribution in [1.82, 2.24) is 9.97 Å². The second kappa shape index (κ2) is 4.76. The van der Waals surface area contributed by atoms with Crippen molar-refractivity contribution in [2.45, 2.75) is 18.1 Å². The number of rotatable bonds is 2. The Morgan fingerprint density at radius 3 is 2.87 bits per heavy atom. The van der Waals surface area contributed by atoms with Crippen LogP contribution in [0, 0.1) is 5.82 Å². The Balaban J connectivity index is 2.06. The van der Waals surface area contributed by atoms with E-state index in [-0.39, 0.29) is 0 Å². The fourth-order valence-corrected chi connectivity index (χ4v) is 2.27. The molecule has 1 aliphatic heterocycles. The van der Waals surface area contributed by atoms with Gasteiger partial charge in [0.15, 0.2) is 5.82 Å². The fourth-order valence-electron chi connectivity index (χ4n) is 1.70. The van der Waals surface area contributed by atoms with E-state index < -0.39 is 5.82 Å². The first-order chi connectivity index (χ1) is 7.29. The van der Waals surface area contributed by atoms with Gasteiger partial charge in [-0.25, -0.2) is 14.4 Å². The molecule has 1 aromatic heterocycles. The summed E-state index contributed by atoms with van der Waals surface area (Å²) in [6.45, 7) is 1.76. The summed E-state index contributed by atoms with van der Waals surface area (Å²) < 4.78 is 12.6. The van der Waals surface area contributed by atoms with Crippen molar-refractivity contribution in [3.8, 4) is 0 Å². The summed E-state index contributed by atoms with van der Waals surface area (Å²) in [5, 5.41) is 5.98. The van der Waals surface area contributed by atoms with Crippen LogP contribution in [-0.4, -0.2) is 28.3 Å². The van der Waals surface area contributed by atoms with Gasteiger partial charge in [0, 0.05) is 18.3 Å². The first-order valence-corrected chi connectivity index (χ1v) is 5.82. The van der Waals surface area contributed by atoms with Gasteiger partial charge in [-0.1, -0.05) is 11.9 Å². The molecule has 0 radical (unpaired) electrons. The van der Waals surface area contributed by atoms with Crippen LogP contribution in [-0.2, 0) is 0 Å². The summed E-state index contributed by atoms with van der Waals surface area (Å²) in [5.41, 5.74) is 0. The van der Waals surface area contributed by atoms with E-state index in [0.717, 1.165) is 25.9 Å². The zero-order chi connectivity index (χ0) is 10.7. The van der Waals surface area contributed by atoms with Gasteiger partial charge < -0.3 is 4.90 Å². The average Bonchev–Trinajstić information content (AvgIpc) is 2.30. The lowest BCUT2D eigenvalue weighted by Gasteiger charge is -2.31. The molecule has 0 bridgehead atoms. The van der Waals surface area contributed by atoms with E-state index in [9.17, 15) is 4.39 Å². The molecule has 2 N–H and O–H groups in total. The number of aromatic nitrogens is 2. The fraction of sp³-hybridized carbons (Fsp3) is 0.556. The number of piperidine rings is 1. The zero-order valence-corrected chi connectivity index (χ0v) is 9.08. The van der Waals surface area contributed by atoms with Crippen LogP contribution in [0.15, 0.2) is 12.4 Å². The van der Waals surface area contributed by atoms with Gasteiger partial charge in [-0.05, 0) is 12.8 Å². The largest absolute Gasteiger partial charge is 0.340 e. The molecule has 2 rings (SSSR count). The molecule has 15 heavy (non-hydrogen) atoms. The second-order valence-corrected chi connectivity index (χ2v) is 4.49. The van der Waals surface area contributed by atoms with Crippen molar-refractivity contribution in [2.24, 2.45) is 5.14 Å². The van der Waals surface area contributed by atoms with E-state index in [0.29, 0.717) is 11.2 Å². The lowest BCUT2D eigenvalue weighted by molar-refractivity contribution is 0.572. The topological polar surface area (TPSA) is 55.0 Å². The first-order valence-electron chi connectivity index (χ1n) is 4.87. The maximum atomic E-state index is 12.6. The molecule has 1 atom stereocenters. The van der Waals surface area contributed by atoms with Gasteiger partial charge in [0.2, 0.25) is 5.95 Å². The normalized spacial score (nSPS) is 21.7. The molecule has 82 valence electrons. The number of hydrogen-bond donors (Lipinski definition) is 1. The lowest BCUT2D eigenvalue weighted by atomic mass is 10.1. The van der Waals surface area contributed by atoms with Crippen molar-refractivity contribution in [2.75, 3.05) is 18.0 Å². The van der Waals surface area contributed by atoms with E-state index >= 15 is 0 Å². The van der Waals surface area contributed by atoms with Crippen LogP contribution in [0.3, 0.4) is 0 Å². The van der Waals surface area contributed by atoms with Gasteiger partial charge in [-0.15, -0.1) is 0 Å². The monoisotopic (exact) mass is 228 g/mol. The summed E-state index contributed by atoms with van der Waals surface area (Å²) in [4.78, 5) is 9.97. The molecule has 2 heterocycles. The van der Waals surface area contributed by atoms with E-state index in [1.54, 1.807) is 0 Å². The Kier molecular flexibility index (Phi) is 3.37. The SMILES string of the molecule is NS[C@H]1CCCN(c2ncc(F)cn2)C1. The highest BCUT2D eigenvalue weighted by molar-refractivity contribution is 7.97.